The highest BCUT2D eigenvalue weighted by Crippen LogP contribution is 2.09. The summed E-state index contributed by atoms with van der Waals surface area (Å²) in [6, 6.07) is 0. The molecule has 0 amide bonds. The van der Waals surface area contributed by atoms with Gasteiger partial charge in [0.1, 0.15) is 18.3 Å². The molecule has 92 valence electrons. The quantitative estimate of drug-likeness (QED) is 0.449. The van der Waals surface area contributed by atoms with E-state index in [2.05, 4.69) is 0 Å². The lowest BCUT2D eigenvalue weighted by Gasteiger charge is -2.27. The molecule has 0 spiro atoms. The molecule has 15 heavy (non-hydrogen) atoms. The first-order valence-electron chi connectivity index (χ1n) is 5.16. The van der Waals surface area contributed by atoms with Gasteiger partial charge >= 0.3 is 0 Å². The Bertz CT molecular complexity index is 160. The van der Waals surface area contributed by atoms with Gasteiger partial charge in [-0.1, -0.05) is 13.8 Å². The van der Waals surface area contributed by atoms with Crippen LogP contribution >= 0.6 is 0 Å². The molecule has 0 heterocycles. The fourth-order valence-corrected chi connectivity index (χ4v) is 1.08. The highest BCUT2D eigenvalue weighted by atomic mass is 16.5. The fourth-order valence-electron chi connectivity index (χ4n) is 1.08. The first-order chi connectivity index (χ1) is 6.90. The van der Waals surface area contributed by atoms with Gasteiger partial charge in [0, 0.05) is 6.61 Å². The Morgan fingerprint density at radius 3 is 1.87 bits per heavy atom. The Balaban J connectivity index is 4.14. The van der Waals surface area contributed by atoms with Crippen LogP contribution in [0.25, 0.3) is 0 Å². The summed E-state index contributed by atoms with van der Waals surface area (Å²) in [5.41, 5.74) is 0. The Hall–Kier alpha value is -0.200. The first kappa shape index (κ1) is 14.8. The predicted octanol–water partition coefficient (Wildman–Crippen LogP) is -0.878. The van der Waals surface area contributed by atoms with E-state index in [-0.39, 0.29) is 5.92 Å². The molecule has 0 saturated carbocycles. The van der Waals surface area contributed by atoms with E-state index in [4.69, 9.17) is 14.9 Å². The van der Waals surface area contributed by atoms with Gasteiger partial charge in [0.05, 0.1) is 12.7 Å². The normalized spacial score (nSPS) is 20.0. The maximum atomic E-state index is 9.57. The van der Waals surface area contributed by atoms with Crippen LogP contribution in [-0.4, -0.2) is 58.1 Å². The van der Waals surface area contributed by atoms with Crippen LogP contribution in [0, 0.1) is 5.92 Å². The van der Waals surface area contributed by atoms with Crippen LogP contribution in [0.2, 0.25) is 0 Å². The first-order valence-corrected chi connectivity index (χ1v) is 5.16. The van der Waals surface area contributed by atoms with Crippen molar-refractivity contribution in [1.29, 1.82) is 0 Å². The molecule has 0 aliphatic heterocycles. The highest BCUT2D eigenvalue weighted by molar-refractivity contribution is 4.79. The lowest BCUT2D eigenvalue weighted by atomic mass is 10.0. The van der Waals surface area contributed by atoms with Crippen molar-refractivity contribution in [2.45, 2.75) is 45.2 Å². The number of hydrogen-bond donors (Lipinski definition) is 4. The summed E-state index contributed by atoms with van der Waals surface area (Å²) in [5.74, 6) is 0.273. The summed E-state index contributed by atoms with van der Waals surface area (Å²) in [7, 11) is 0. The van der Waals surface area contributed by atoms with Gasteiger partial charge < -0.3 is 25.2 Å². The van der Waals surface area contributed by atoms with Crippen LogP contribution < -0.4 is 0 Å². The van der Waals surface area contributed by atoms with E-state index in [0.717, 1.165) is 0 Å². The molecule has 0 bridgehead atoms. The topological polar surface area (TPSA) is 90.2 Å². The third-order valence-electron chi connectivity index (χ3n) is 2.05. The number of aliphatic hydroxyl groups excluding tert-OH is 4. The monoisotopic (exact) mass is 222 g/mol. The minimum atomic E-state index is -1.31. The van der Waals surface area contributed by atoms with Crippen molar-refractivity contribution < 1.29 is 25.2 Å². The number of hydrogen-bond acceptors (Lipinski definition) is 5. The van der Waals surface area contributed by atoms with Gasteiger partial charge in [0.25, 0.3) is 0 Å². The molecule has 0 aliphatic rings. The molecule has 5 nitrogen and oxygen atoms in total. The zero-order valence-corrected chi connectivity index (χ0v) is 9.50. The summed E-state index contributed by atoms with van der Waals surface area (Å²) < 4.78 is 5.21. The van der Waals surface area contributed by atoms with Crippen LogP contribution in [0.4, 0.5) is 0 Å². The average Bonchev–Trinajstić information content (AvgIpc) is 2.16. The van der Waals surface area contributed by atoms with Gasteiger partial charge in [-0.25, -0.2) is 0 Å². The maximum absolute atomic E-state index is 9.57. The average molecular weight is 222 g/mol. The molecule has 0 radical (unpaired) electrons. The lowest BCUT2D eigenvalue weighted by Crippen LogP contribution is -2.46. The van der Waals surface area contributed by atoms with Crippen molar-refractivity contribution in [1.82, 2.24) is 0 Å². The molecule has 0 aliphatic carbocycles. The van der Waals surface area contributed by atoms with E-state index >= 15 is 0 Å². The van der Waals surface area contributed by atoms with E-state index < -0.39 is 31.0 Å². The van der Waals surface area contributed by atoms with Crippen LogP contribution in [0.15, 0.2) is 0 Å². The Kier molecular flexibility index (Phi) is 7.04. The molecule has 0 saturated heterocycles. The second-order valence-electron chi connectivity index (χ2n) is 4.17. The SMILES string of the molecule is CC(C)COC(CO)C(O)C(O)C(C)O. The third-order valence-corrected chi connectivity index (χ3v) is 2.05. The molecule has 4 unspecified atom stereocenters. The van der Waals surface area contributed by atoms with E-state index in [1.165, 1.54) is 6.92 Å². The van der Waals surface area contributed by atoms with Gasteiger partial charge in [-0.3, -0.25) is 0 Å². The standard InChI is InChI=1S/C10H22O5/c1-6(2)5-15-8(4-11)10(14)9(13)7(3)12/h6-14H,4-5H2,1-3H3. The second kappa shape index (κ2) is 7.14. The number of ether oxygens (including phenoxy) is 1. The summed E-state index contributed by atoms with van der Waals surface area (Å²) in [6.07, 6.45) is -4.52. The van der Waals surface area contributed by atoms with E-state index in [0.29, 0.717) is 6.61 Å². The van der Waals surface area contributed by atoms with Gasteiger partial charge in [0.2, 0.25) is 0 Å². The van der Waals surface area contributed by atoms with Crippen LogP contribution in [0.1, 0.15) is 20.8 Å². The number of rotatable bonds is 7. The molecule has 0 fully saturated rings. The second-order valence-corrected chi connectivity index (χ2v) is 4.17. The molecule has 0 aromatic rings. The van der Waals surface area contributed by atoms with E-state index in [1.807, 2.05) is 13.8 Å². The van der Waals surface area contributed by atoms with Crippen molar-refractivity contribution in [3.05, 3.63) is 0 Å². The zero-order chi connectivity index (χ0) is 12.0. The molecule has 0 rings (SSSR count). The largest absolute Gasteiger partial charge is 0.394 e. The molecule has 4 atom stereocenters. The van der Waals surface area contributed by atoms with Crippen LogP contribution in [0.3, 0.4) is 0 Å². The van der Waals surface area contributed by atoms with Crippen molar-refractivity contribution in [3.63, 3.8) is 0 Å². The molecular weight excluding hydrogens is 200 g/mol. The van der Waals surface area contributed by atoms with E-state index in [1.54, 1.807) is 0 Å². The summed E-state index contributed by atoms with van der Waals surface area (Å²) in [6.45, 7) is 5.23. The molecule has 0 aromatic heterocycles. The Morgan fingerprint density at radius 1 is 1.00 bits per heavy atom. The van der Waals surface area contributed by atoms with Crippen LogP contribution in [-0.2, 0) is 4.74 Å². The number of aliphatic hydroxyl groups is 4. The van der Waals surface area contributed by atoms with E-state index in [9.17, 15) is 10.2 Å². The fraction of sp³-hybridized carbons (Fsp3) is 1.00. The smallest absolute Gasteiger partial charge is 0.111 e. The van der Waals surface area contributed by atoms with Crippen molar-refractivity contribution in [3.8, 4) is 0 Å². The third kappa shape index (κ3) is 5.44. The van der Waals surface area contributed by atoms with Crippen molar-refractivity contribution >= 4 is 0 Å². The Labute approximate surface area is 90.3 Å². The summed E-state index contributed by atoms with van der Waals surface area (Å²) in [4.78, 5) is 0. The lowest BCUT2D eigenvalue weighted by molar-refractivity contribution is -0.135. The predicted molar refractivity (Wildman–Crippen MR) is 55.4 cm³/mol. The highest BCUT2D eigenvalue weighted by Gasteiger charge is 2.29. The molecular formula is C10H22O5. The van der Waals surface area contributed by atoms with Gasteiger partial charge in [0.15, 0.2) is 0 Å². The van der Waals surface area contributed by atoms with Gasteiger partial charge in [-0.2, -0.15) is 0 Å². The van der Waals surface area contributed by atoms with Gasteiger partial charge in [-0.15, -0.1) is 0 Å². The van der Waals surface area contributed by atoms with Crippen molar-refractivity contribution in [2.24, 2.45) is 5.92 Å². The maximum Gasteiger partial charge on any atom is 0.111 e. The van der Waals surface area contributed by atoms with Crippen molar-refractivity contribution in [2.75, 3.05) is 13.2 Å². The summed E-state index contributed by atoms with van der Waals surface area (Å²) in [5, 5.41) is 37.0. The molecule has 4 N–H and O–H groups in total. The minimum absolute atomic E-state index is 0.273. The molecule has 0 aromatic carbocycles. The van der Waals surface area contributed by atoms with Gasteiger partial charge in [-0.05, 0) is 12.8 Å². The minimum Gasteiger partial charge on any atom is -0.394 e. The van der Waals surface area contributed by atoms with Crippen LogP contribution in [0.5, 0.6) is 0 Å². The molecule has 5 heteroatoms. The Morgan fingerprint density at radius 2 is 1.53 bits per heavy atom. The summed E-state index contributed by atoms with van der Waals surface area (Å²) >= 11 is 0. The zero-order valence-electron chi connectivity index (χ0n) is 9.50.